The van der Waals surface area contributed by atoms with Crippen LogP contribution in [0.5, 0.6) is 0 Å². The molecule has 0 aromatic heterocycles. The van der Waals surface area contributed by atoms with Crippen LogP contribution >= 0.6 is 0 Å². The summed E-state index contributed by atoms with van der Waals surface area (Å²) in [6.45, 7) is 1.97. The molecule has 7 atom stereocenters. The predicted molar refractivity (Wildman–Crippen MR) is 215 cm³/mol. The number of hydrogen-bond donors (Lipinski definition) is 2. The summed E-state index contributed by atoms with van der Waals surface area (Å²) >= 11 is 0. The monoisotopic (exact) mass is 1020 g/mol. The first-order valence-corrected chi connectivity index (χ1v) is 25.4. The Morgan fingerprint density at radius 2 is 1.52 bits per heavy atom. The van der Waals surface area contributed by atoms with Gasteiger partial charge < -0.3 is 42.7 Å². The second-order valence-corrected chi connectivity index (χ2v) is 19.6. The second-order valence-electron chi connectivity index (χ2n) is 16.4. The first-order valence-electron chi connectivity index (χ1n) is 21.3. The van der Waals surface area contributed by atoms with E-state index in [0.29, 0.717) is 83.5 Å². The van der Waals surface area contributed by atoms with Crippen molar-refractivity contribution in [1.29, 1.82) is 0 Å². The van der Waals surface area contributed by atoms with Gasteiger partial charge in [-0.25, -0.2) is 30.0 Å². The van der Waals surface area contributed by atoms with Crippen LogP contribution in [0.4, 0.5) is 0 Å². The summed E-state index contributed by atoms with van der Waals surface area (Å²) in [6.07, 6.45) is 9.89. The maximum absolute atomic E-state index is 12.9. The van der Waals surface area contributed by atoms with Crippen LogP contribution in [0.3, 0.4) is 0 Å². The predicted octanol–water partition coefficient (Wildman–Crippen LogP) is -6.17. The van der Waals surface area contributed by atoms with E-state index in [1.165, 1.54) is 6.08 Å². The van der Waals surface area contributed by atoms with E-state index in [0.717, 1.165) is 25.7 Å². The van der Waals surface area contributed by atoms with Gasteiger partial charge in [-0.1, -0.05) is 64.9 Å². The molecule has 0 saturated carbocycles. The molecule has 2 saturated heterocycles. The van der Waals surface area contributed by atoms with Gasteiger partial charge in [-0.05, 0) is 63.4 Å². The Balaban J connectivity index is 0.0000137. The molecule has 3 aliphatic rings. The average Bonchev–Trinajstić information content (AvgIpc) is 3.40. The molecule has 2 N–H and O–H groups in total. The first kappa shape index (κ1) is 65.6. The summed E-state index contributed by atoms with van der Waals surface area (Å²) in [7, 11) is -15.4. The number of nitrogens with one attached hydrogen (secondary N) is 2. The summed E-state index contributed by atoms with van der Waals surface area (Å²) in [5, 5.41) is 2.46. The van der Waals surface area contributed by atoms with Crippen molar-refractivity contribution in [2.24, 2.45) is 5.92 Å². The largest absolute Gasteiger partial charge is 1.00 e. The maximum Gasteiger partial charge on any atom is 1.00 e. The molecule has 1 spiro atoms. The number of ether oxygens (including phenoxy) is 5. The zero-order chi connectivity index (χ0) is 45.8. The fourth-order valence-electron chi connectivity index (χ4n) is 7.72. The molecule has 21 nitrogen and oxygen atoms in total. The van der Waals surface area contributed by atoms with E-state index >= 15 is 0 Å². The molecule has 27 heteroatoms. The number of fused-ring (bicyclic) bond motifs is 3. The molecular formula is C38H63N2Na3O19S3. The third-order valence-electron chi connectivity index (χ3n) is 10.4. The maximum atomic E-state index is 12.9. The van der Waals surface area contributed by atoms with Crippen molar-refractivity contribution in [3.8, 4) is 0 Å². The van der Waals surface area contributed by atoms with Crippen LogP contribution in [0.15, 0.2) is 12.2 Å². The minimum absolute atomic E-state index is 0. The number of amides is 1. The molecule has 0 radical (unpaired) electrons. The molecular weight excluding hydrogens is 954 g/mol. The molecule has 3 heterocycles. The van der Waals surface area contributed by atoms with Gasteiger partial charge in [-0.3, -0.25) is 22.7 Å². The Morgan fingerprint density at radius 3 is 2.20 bits per heavy atom. The molecule has 3 rings (SSSR count). The van der Waals surface area contributed by atoms with Crippen LogP contribution in [-0.4, -0.2) is 125 Å². The Kier molecular flexibility index (Phi) is 33.6. The molecule has 2 fully saturated rings. The number of unbranched alkanes of at least 4 members (excludes halogenated alkanes) is 3. The quantitative estimate of drug-likeness (QED) is 0.0377. The Hall–Kier alpha value is 0.640. The van der Waals surface area contributed by atoms with Gasteiger partial charge in [0.05, 0.1) is 31.5 Å². The van der Waals surface area contributed by atoms with Gasteiger partial charge in [-0.15, -0.1) is 0 Å². The zero-order valence-electron chi connectivity index (χ0n) is 38.4. The minimum Gasteiger partial charge on any atom is -0.735 e. The number of carbonyl (C=O) groups is 3. The number of allylic oxidation sites excluding steroid dienone is 1. The molecule has 0 aromatic carbocycles. The molecule has 65 heavy (non-hydrogen) atoms. The number of rotatable bonds is 20. The van der Waals surface area contributed by atoms with Crippen LogP contribution in [0.25, 0.3) is 0 Å². The molecule has 0 aliphatic carbocycles. The Morgan fingerprint density at radius 1 is 0.862 bits per heavy atom. The van der Waals surface area contributed by atoms with Crippen LogP contribution in [0, 0.1) is 5.92 Å². The normalized spacial score (nSPS) is 25.7. The minimum atomic E-state index is -5.25. The summed E-state index contributed by atoms with van der Waals surface area (Å²) in [6, 6.07) is -1.45. The van der Waals surface area contributed by atoms with E-state index in [1.807, 2.05) is 13.8 Å². The van der Waals surface area contributed by atoms with E-state index < -0.39 is 86.8 Å². The summed E-state index contributed by atoms with van der Waals surface area (Å²) in [5.41, 5.74) is 0. The topological polar surface area (TPSA) is 311 Å². The third kappa shape index (κ3) is 30.2. The molecule has 1 amide bonds. The van der Waals surface area contributed by atoms with Crippen molar-refractivity contribution in [2.45, 2.75) is 178 Å². The van der Waals surface area contributed by atoms with Gasteiger partial charge >= 0.3 is 101 Å². The number of cyclic esters (lactones) is 1. The SMILES string of the molecule is CC(C)CC(=O)OC1CC2OC3(CCCCCCC(C(CCCCCCOCC(COS(=O)(=O)[O-])NS(=O)(=O)[O-])OS(=O)(=O)[O-])OC(=O)CNC(=O)/C=C/CCCCC[C@H]2O3)C1.[Na+].[Na+].[Na+]. The standard InChI is InChI=1S/C38H66N2O19S3.3Na/c1-28(2)22-36(42)55-30-23-34-32-17-11-4-3-5-13-19-35(41)39-25-37(43)56-31(16-10-6-8-14-20-38(24-30,57-32)58-34)33(59-62(50,51)52)18-12-7-9-15-21-53-26-29(40-60(44,45)46)27-54-61(47,48)49;;;/h13,19,28-34,40H,3-12,14-18,20-27H2,1-2H3,(H,39,41)(H,44,45,46)(H,47,48,49)(H,50,51,52);;;/q;3*+1/p-3/b19-13+;;;/t29?,30?,31?,32-,33?,34?,38?;;;/m1.../s1. The van der Waals surface area contributed by atoms with Gasteiger partial charge in [0.2, 0.25) is 26.7 Å². The van der Waals surface area contributed by atoms with Crippen LogP contribution in [0.2, 0.25) is 0 Å². The van der Waals surface area contributed by atoms with Gasteiger partial charge in [0.15, 0.2) is 16.1 Å². The number of esters is 2. The zero-order valence-corrected chi connectivity index (χ0v) is 46.9. The van der Waals surface area contributed by atoms with Gasteiger partial charge in [0, 0.05) is 32.3 Å². The van der Waals surface area contributed by atoms with Gasteiger partial charge in [-0.2, -0.15) is 0 Å². The van der Waals surface area contributed by atoms with Crippen LogP contribution in [-0.2, 0) is 77.5 Å². The fraction of sp³-hybridized carbons (Fsp3) is 0.868. The Labute approximate surface area is 451 Å². The van der Waals surface area contributed by atoms with Crippen LogP contribution < -0.4 is 98.7 Å². The summed E-state index contributed by atoms with van der Waals surface area (Å²) in [4.78, 5) is 38.0. The summed E-state index contributed by atoms with van der Waals surface area (Å²) in [5.74, 6) is -2.36. The van der Waals surface area contributed by atoms with Crippen LogP contribution in [0.1, 0.15) is 136 Å². The molecule has 3 bridgehead atoms. The van der Waals surface area contributed by atoms with E-state index in [-0.39, 0.29) is 138 Å². The second kappa shape index (κ2) is 33.3. The number of hydrogen-bond acceptors (Lipinski definition) is 19. The van der Waals surface area contributed by atoms with E-state index in [9.17, 15) is 53.3 Å². The van der Waals surface area contributed by atoms with Crippen molar-refractivity contribution in [3.05, 3.63) is 12.2 Å². The Bertz CT molecular complexity index is 1780. The fourth-order valence-corrected chi connectivity index (χ4v) is 9.12. The van der Waals surface area contributed by atoms with Crippen molar-refractivity contribution in [1.82, 2.24) is 10.0 Å². The van der Waals surface area contributed by atoms with E-state index in [2.05, 4.69) is 9.50 Å². The molecule has 3 aliphatic heterocycles. The molecule has 0 aromatic rings. The third-order valence-corrected chi connectivity index (χ3v) is 11.9. The van der Waals surface area contributed by atoms with E-state index in [1.54, 1.807) is 10.8 Å². The average molecular weight is 1020 g/mol. The number of carbonyl (C=O) groups excluding carboxylic acids is 3. The first-order chi connectivity index (χ1) is 29.1. The molecule has 6 unspecified atom stereocenters. The molecule has 360 valence electrons. The van der Waals surface area contributed by atoms with Crippen molar-refractivity contribution in [2.75, 3.05) is 26.4 Å². The summed E-state index contributed by atoms with van der Waals surface area (Å²) < 4.78 is 141. The van der Waals surface area contributed by atoms with Crippen molar-refractivity contribution >= 4 is 48.9 Å². The van der Waals surface area contributed by atoms with Gasteiger partial charge in [0.1, 0.15) is 24.9 Å². The smallest absolute Gasteiger partial charge is 0.735 e. The van der Waals surface area contributed by atoms with Crippen molar-refractivity contribution < 1.29 is 174 Å². The van der Waals surface area contributed by atoms with Gasteiger partial charge in [0.25, 0.3) is 0 Å². The van der Waals surface area contributed by atoms with Crippen molar-refractivity contribution in [3.63, 3.8) is 0 Å². The van der Waals surface area contributed by atoms with E-state index in [4.69, 9.17) is 27.9 Å².